The fraction of sp³-hybridized carbons (Fsp3) is 0.267. The Bertz CT molecular complexity index is 584. The molecule has 1 aromatic heterocycles. The van der Waals surface area contributed by atoms with Crippen LogP contribution in [0.4, 0.5) is 8.78 Å². The third-order valence-corrected chi connectivity index (χ3v) is 3.77. The Kier molecular flexibility index (Phi) is 4.84. The number of benzene rings is 1. The Morgan fingerprint density at radius 1 is 1.30 bits per heavy atom. The monoisotopic (exact) mass is 295 g/mol. The third kappa shape index (κ3) is 3.87. The van der Waals surface area contributed by atoms with Crippen LogP contribution in [0.5, 0.6) is 0 Å². The summed E-state index contributed by atoms with van der Waals surface area (Å²) < 4.78 is 26.0. The summed E-state index contributed by atoms with van der Waals surface area (Å²) in [5, 5.41) is 6.76. The molecule has 0 aliphatic rings. The molecule has 0 aliphatic carbocycles. The average Bonchev–Trinajstić information content (AvgIpc) is 2.92. The predicted octanol–water partition coefficient (Wildman–Crippen LogP) is 3.84. The molecule has 0 fully saturated rings. The number of rotatable bonds is 5. The molecule has 5 heteroatoms. The topological polar surface area (TPSA) is 29.1 Å². The first-order chi connectivity index (χ1) is 9.56. The van der Waals surface area contributed by atoms with Crippen LogP contribution < -0.4 is 5.32 Å². The van der Waals surface area contributed by atoms with Gasteiger partial charge in [-0.1, -0.05) is 6.07 Å². The lowest BCUT2D eigenvalue weighted by molar-refractivity contribution is -0.121. The van der Waals surface area contributed by atoms with E-state index < -0.39 is 11.6 Å². The zero-order valence-electron chi connectivity index (χ0n) is 11.0. The van der Waals surface area contributed by atoms with Crippen molar-refractivity contribution in [3.8, 4) is 0 Å². The number of hydrogen-bond acceptors (Lipinski definition) is 2. The summed E-state index contributed by atoms with van der Waals surface area (Å²) in [6.45, 7) is 1.75. The van der Waals surface area contributed by atoms with Gasteiger partial charge in [-0.25, -0.2) is 8.78 Å². The summed E-state index contributed by atoms with van der Waals surface area (Å²) in [5.41, 5.74) is 1.68. The molecule has 0 aliphatic heterocycles. The Morgan fingerprint density at radius 3 is 2.75 bits per heavy atom. The molecule has 1 N–H and O–H groups in total. The maximum atomic E-state index is 13.1. The lowest BCUT2D eigenvalue weighted by atomic mass is 10.1. The van der Waals surface area contributed by atoms with E-state index in [0.717, 1.165) is 17.7 Å². The average molecular weight is 295 g/mol. The van der Waals surface area contributed by atoms with E-state index in [-0.39, 0.29) is 11.9 Å². The van der Waals surface area contributed by atoms with Gasteiger partial charge in [0.2, 0.25) is 5.91 Å². The molecule has 0 bridgehead atoms. The summed E-state index contributed by atoms with van der Waals surface area (Å²) in [5.74, 6) is -1.89. The second kappa shape index (κ2) is 6.61. The van der Waals surface area contributed by atoms with Crippen LogP contribution in [0.25, 0.3) is 0 Å². The van der Waals surface area contributed by atoms with Gasteiger partial charge in [0.15, 0.2) is 11.6 Å². The van der Waals surface area contributed by atoms with Gasteiger partial charge < -0.3 is 5.32 Å². The normalized spacial score (nSPS) is 12.2. The van der Waals surface area contributed by atoms with Crippen LogP contribution in [-0.4, -0.2) is 5.91 Å². The summed E-state index contributed by atoms with van der Waals surface area (Å²) in [6, 6.07) is 5.29. The van der Waals surface area contributed by atoms with Gasteiger partial charge in [0, 0.05) is 6.42 Å². The molecule has 20 heavy (non-hydrogen) atoms. The highest BCUT2D eigenvalue weighted by Gasteiger charge is 2.12. The zero-order chi connectivity index (χ0) is 14.5. The molecule has 2 aromatic rings. The second-order valence-electron chi connectivity index (χ2n) is 4.59. The summed E-state index contributed by atoms with van der Waals surface area (Å²) in [6.07, 6.45) is 1.06. The summed E-state index contributed by atoms with van der Waals surface area (Å²) in [7, 11) is 0. The van der Waals surface area contributed by atoms with Gasteiger partial charge in [-0.05, 0) is 53.4 Å². The molecule has 106 valence electrons. The highest BCUT2D eigenvalue weighted by Crippen LogP contribution is 2.16. The molecule has 1 aromatic carbocycles. The Balaban J connectivity index is 1.88. The van der Waals surface area contributed by atoms with Gasteiger partial charge in [-0.15, -0.1) is 0 Å². The van der Waals surface area contributed by atoms with Crippen molar-refractivity contribution in [3.63, 3.8) is 0 Å². The standard InChI is InChI=1S/C15H15F2NOS/c1-10(12-3-4-13(16)14(17)8-12)18-15(19)5-2-11-6-7-20-9-11/h3-4,6-10H,2,5H2,1H3,(H,18,19)/t10-/m1/s1. The summed E-state index contributed by atoms with van der Waals surface area (Å²) in [4.78, 5) is 11.8. The van der Waals surface area contributed by atoms with Gasteiger partial charge in [-0.2, -0.15) is 11.3 Å². The number of thiophene rings is 1. The highest BCUT2D eigenvalue weighted by atomic mass is 32.1. The number of carbonyl (C=O) groups is 1. The Hall–Kier alpha value is -1.75. The van der Waals surface area contributed by atoms with Crippen LogP contribution >= 0.6 is 11.3 Å². The second-order valence-corrected chi connectivity index (χ2v) is 5.37. The van der Waals surface area contributed by atoms with Crippen molar-refractivity contribution in [2.24, 2.45) is 0 Å². The van der Waals surface area contributed by atoms with Crippen LogP contribution in [0.3, 0.4) is 0 Å². The molecule has 2 rings (SSSR count). The molecule has 1 atom stereocenters. The van der Waals surface area contributed by atoms with Crippen LogP contribution in [0, 0.1) is 11.6 Å². The lowest BCUT2D eigenvalue weighted by Crippen LogP contribution is -2.26. The van der Waals surface area contributed by atoms with Crippen molar-refractivity contribution in [2.45, 2.75) is 25.8 Å². The van der Waals surface area contributed by atoms with E-state index in [0.29, 0.717) is 18.4 Å². The van der Waals surface area contributed by atoms with Gasteiger partial charge in [0.05, 0.1) is 6.04 Å². The van der Waals surface area contributed by atoms with Crippen molar-refractivity contribution in [2.75, 3.05) is 0 Å². The number of nitrogens with one attached hydrogen (secondary N) is 1. The molecule has 0 saturated carbocycles. The van der Waals surface area contributed by atoms with E-state index in [1.54, 1.807) is 18.3 Å². The molecule has 0 radical (unpaired) electrons. The SMILES string of the molecule is C[C@@H](NC(=O)CCc1ccsc1)c1ccc(F)c(F)c1. The Morgan fingerprint density at radius 2 is 2.10 bits per heavy atom. The predicted molar refractivity (Wildman–Crippen MR) is 75.6 cm³/mol. The number of carbonyl (C=O) groups excluding carboxylic acids is 1. The molecule has 1 amide bonds. The van der Waals surface area contributed by atoms with E-state index in [1.165, 1.54) is 6.07 Å². The smallest absolute Gasteiger partial charge is 0.220 e. The fourth-order valence-corrected chi connectivity index (χ4v) is 2.57. The van der Waals surface area contributed by atoms with Gasteiger partial charge >= 0.3 is 0 Å². The number of aryl methyl sites for hydroxylation is 1. The van der Waals surface area contributed by atoms with E-state index in [9.17, 15) is 13.6 Å². The first-order valence-corrected chi connectivity index (χ1v) is 7.26. The van der Waals surface area contributed by atoms with Crippen molar-refractivity contribution in [1.29, 1.82) is 0 Å². The largest absolute Gasteiger partial charge is 0.350 e. The van der Waals surface area contributed by atoms with E-state index >= 15 is 0 Å². The lowest BCUT2D eigenvalue weighted by Gasteiger charge is -2.14. The molecule has 2 nitrogen and oxygen atoms in total. The minimum Gasteiger partial charge on any atom is -0.350 e. The molecule has 0 spiro atoms. The van der Waals surface area contributed by atoms with Gasteiger partial charge in [-0.3, -0.25) is 4.79 Å². The van der Waals surface area contributed by atoms with Crippen LogP contribution in [0.1, 0.15) is 30.5 Å². The number of halogens is 2. The van der Waals surface area contributed by atoms with Crippen LogP contribution in [0.15, 0.2) is 35.0 Å². The van der Waals surface area contributed by atoms with Crippen molar-refractivity contribution < 1.29 is 13.6 Å². The molecule has 1 heterocycles. The molecule has 0 unspecified atom stereocenters. The van der Waals surface area contributed by atoms with Crippen LogP contribution in [-0.2, 0) is 11.2 Å². The first kappa shape index (κ1) is 14.7. The number of hydrogen-bond donors (Lipinski definition) is 1. The minimum atomic E-state index is -0.901. The zero-order valence-corrected chi connectivity index (χ0v) is 11.8. The van der Waals surface area contributed by atoms with E-state index in [4.69, 9.17) is 0 Å². The summed E-state index contributed by atoms with van der Waals surface area (Å²) >= 11 is 1.60. The van der Waals surface area contributed by atoms with Crippen molar-refractivity contribution in [3.05, 3.63) is 57.8 Å². The fourth-order valence-electron chi connectivity index (χ4n) is 1.87. The van der Waals surface area contributed by atoms with E-state index in [2.05, 4.69) is 5.32 Å². The molecule has 0 saturated heterocycles. The van der Waals surface area contributed by atoms with Gasteiger partial charge in [0.1, 0.15) is 0 Å². The van der Waals surface area contributed by atoms with E-state index in [1.807, 2.05) is 16.8 Å². The Labute approximate surface area is 120 Å². The third-order valence-electron chi connectivity index (χ3n) is 3.04. The minimum absolute atomic E-state index is 0.103. The first-order valence-electron chi connectivity index (χ1n) is 6.31. The number of amides is 1. The molecular weight excluding hydrogens is 280 g/mol. The van der Waals surface area contributed by atoms with Crippen LogP contribution in [0.2, 0.25) is 0 Å². The van der Waals surface area contributed by atoms with Gasteiger partial charge in [0.25, 0.3) is 0 Å². The van der Waals surface area contributed by atoms with Crippen molar-refractivity contribution >= 4 is 17.2 Å². The maximum Gasteiger partial charge on any atom is 0.220 e. The maximum absolute atomic E-state index is 13.1. The quantitative estimate of drug-likeness (QED) is 0.892. The van der Waals surface area contributed by atoms with Crippen molar-refractivity contribution in [1.82, 2.24) is 5.32 Å². The molecular formula is C15H15F2NOS. The highest BCUT2D eigenvalue weighted by molar-refractivity contribution is 7.07.